The van der Waals surface area contributed by atoms with Gasteiger partial charge in [-0.15, -0.1) is 0 Å². The van der Waals surface area contributed by atoms with E-state index >= 15 is 0 Å². The largest absolute Gasteiger partial charge is 0.450 e. The molecule has 0 unspecified atom stereocenters. The summed E-state index contributed by atoms with van der Waals surface area (Å²) >= 11 is 0. The minimum absolute atomic E-state index is 0.251. The summed E-state index contributed by atoms with van der Waals surface area (Å²) in [7, 11) is 0. The van der Waals surface area contributed by atoms with Crippen molar-refractivity contribution in [3.8, 4) is 0 Å². The molecule has 0 atom stereocenters. The van der Waals surface area contributed by atoms with Crippen molar-refractivity contribution >= 4 is 17.7 Å². The van der Waals surface area contributed by atoms with Gasteiger partial charge in [0.05, 0.1) is 19.0 Å². The highest BCUT2D eigenvalue weighted by Crippen LogP contribution is 2.46. The normalized spacial score (nSPS) is 28.1. The van der Waals surface area contributed by atoms with Crippen molar-refractivity contribution in [1.82, 2.24) is 9.80 Å². The third-order valence-electron chi connectivity index (χ3n) is 6.09. The molecule has 0 aliphatic carbocycles. The number of benzene rings is 1. The van der Waals surface area contributed by atoms with Crippen LogP contribution in [0.2, 0.25) is 0 Å². The molecule has 0 saturated carbocycles. The third-order valence-corrected chi connectivity index (χ3v) is 6.09. The lowest BCUT2D eigenvalue weighted by atomic mass is 10.00. The SMILES string of the molecule is CCOC(=O)N1CCN(CN2C(=O)C3(OCC(CO)([N+](=O)[O-])CO3)c3ccccc32)CC1. The van der Waals surface area contributed by atoms with Crippen molar-refractivity contribution in [1.29, 1.82) is 0 Å². The van der Waals surface area contributed by atoms with Gasteiger partial charge in [-0.1, -0.05) is 18.2 Å². The molecule has 2 saturated heterocycles. The average molecular weight is 450 g/mol. The number of carbonyl (C=O) groups is 2. The van der Waals surface area contributed by atoms with Crippen LogP contribution in [0.1, 0.15) is 12.5 Å². The number of hydrogen-bond acceptors (Lipinski definition) is 9. The Bertz CT molecular complexity index is 893. The molecular formula is C20H26N4O8. The Morgan fingerprint density at radius 2 is 1.88 bits per heavy atom. The molecule has 174 valence electrons. The lowest BCUT2D eigenvalue weighted by Gasteiger charge is -2.39. The highest BCUT2D eigenvalue weighted by Gasteiger charge is 2.61. The van der Waals surface area contributed by atoms with E-state index in [1.165, 1.54) is 4.90 Å². The summed E-state index contributed by atoms with van der Waals surface area (Å²) in [6.45, 7) is 2.70. The van der Waals surface area contributed by atoms with Gasteiger partial charge in [0.25, 0.3) is 17.2 Å². The average Bonchev–Trinajstić information content (AvgIpc) is 3.03. The maximum atomic E-state index is 13.5. The van der Waals surface area contributed by atoms with Gasteiger partial charge in [-0.2, -0.15) is 0 Å². The zero-order chi connectivity index (χ0) is 22.9. The summed E-state index contributed by atoms with van der Waals surface area (Å²) in [5.41, 5.74) is -0.731. The van der Waals surface area contributed by atoms with Crippen LogP contribution in [-0.2, 0) is 24.8 Å². The minimum atomic E-state index is -1.81. The van der Waals surface area contributed by atoms with E-state index < -0.39 is 42.0 Å². The lowest BCUT2D eigenvalue weighted by molar-refractivity contribution is -0.598. The van der Waals surface area contributed by atoms with E-state index in [1.54, 1.807) is 36.1 Å². The van der Waals surface area contributed by atoms with E-state index in [4.69, 9.17) is 14.2 Å². The molecule has 4 rings (SSSR count). The first kappa shape index (κ1) is 22.4. The van der Waals surface area contributed by atoms with Crippen LogP contribution in [0.15, 0.2) is 24.3 Å². The van der Waals surface area contributed by atoms with Crippen molar-refractivity contribution in [3.63, 3.8) is 0 Å². The number of para-hydroxylation sites is 1. The molecule has 0 radical (unpaired) electrons. The fourth-order valence-corrected chi connectivity index (χ4v) is 4.11. The molecular weight excluding hydrogens is 424 g/mol. The molecule has 2 fully saturated rings. The summed E-state index contributed by atoms with van der Waals surface area (Å²) < 4.78 is 16.5. The van der Waals surface area contributed by atoms with Gasteiger partial charge in [0.15, 0.2) is 0 Å². The predicted octanol–water partition coefficient (Wildman–Crippen LogP) is -0.0278. The minimum Gasteiger partial charge on any atom is -0.450 e. The quantitative estimate of drug-likeness (QED) is 0.485. The van der Waals surface area contributed by atoms with Gasteiger partial charge in [0, 0.05) is 36.7 Å². The number of nitrogens with zero attached hydrogens (tertiary/aromatic N) is 4. The molecule has 1 spiro atoms. The molecule has 12 nitrogen and oxygen atoms in total. The molecule has 1 aromatic carbocycles. The smallest absolute Gasteiger partial charge is 0.409 e. The Labute approximate surface area is 184 Å². The number of aliphatic hydroxyl groups is 1. The number of rotatable bonds is 5. The van der Waals surface area contributed by atoms with E-state index in [0.717, 1.165) is 0 Å². The highest BCUT2D eigenvalue weighted by molar-refractivity contribution is 6.06. The number of aliphatic hydroxyl groups excluding tert-OH is 1. The van der Waals surface area contributed by atoms with Crippen molar-refractivity contribution in [3.05, 3.63) is 39.9 Å². The summed E-state index contributed by atoms with van der Waals surface area (Å²) in [6, 6.07) is 6.99. The van der Waals surface area contributed by atoms with E-state index in [2.05, 4.69) is 0 Å². The van der Waals surface area contributed by atoms with Gasteiger partial charge in [0.2, 0.25) is 0 Å². The first-order valence-corrected chi connectivity index (χ1v) is 10.5. The lowest BCUT2D eigenvalue weighted by Crippen LogP contribution is -2.61. The summed E-state index contributed by atoms with van der Waals surface area (Å²) in [6.07, 6.45) is -0.351. The van der Waals surface area contributed by atoms with Crippen LogP contribution in [-0.4, -0.2) is 96.6 Å². The molecule has 0 bridgehead atoms. The first-order valence-electron chi connectivity index (χ1n) is 10.5. The van der Waals surface area contributed by atoms with Crippen molar-refractivity contribution in [2.45, 2.75) is 18.2 Å². The Morgan fingerprint density at radius 3 is 2.47 bits per heavy atom. The second kappa shape index (κ2) is 8.62. The van der Waals surface area contributed by atoms with Gasteiger partial charge >= 0.3 is 6.09 Å². The fraction of sp³-hybridized carbons (Fsp3) is 0.600. The topological polar surface area (TPSA) is 135 Å². The Balaban J connectivity index is 1.50. The number of hydrogen-bond donors (Lipinski definition) is 1. The van der Waals surface area contributed by atoms with Crippen LogP contribution in [0.5, 0.6) is 0 Å². The number of carbonyl (C=O) groups excluding carboxylic acids is 2. The zero-order valence-corrected chi connectivity index (χ0v) is 17.8. The molecule has 1 aromatic rings. The van der Waals surface area contributed by atoms with Crippen molar-refractivity contribution in [2.24, 2.45) is 0 Å². The molecule has 1 N–H and O–H groups in total. The molecule has 3 aliphatic heterocycles. The van der Waals surface area contributed by atoms with Crippen LogP contribution in [0.25, 0.3) is 0 Å². The molecule has 12 heteroatoms. The van der Waals surface area contributed by atoms with Gasteiger partial charge in [0.1, 0.15) is 19.8 Å². The van der Waals surface area contributed by atoms with E-state index in [0.29, 0.717) is 44.0 Å². The maximum absolute atomic E-state index is 13.5. The van der Waals surface area contributed by atoms with E-state index in [9.17, 15) is 24.8 Å². The summed E-state index contributed by atoms with van der Waals surface area (Å²) in [4.78, 5) is 41.4. The van der Waals surface area contributed by atoms with E-state index in [-0.39, 0.29) is 12.8 Å². The van der Waals surface area contributed by atoms with Gasteiger partial charge in [-0.3, -0.25) is 24.7 Å². The third kappa shape index (κ3) is 3.58. The van der Waals surface area contributed by atoms with Crippen LogP contribution in [0.3, 0.4) is 0 Å². The van der Waals surface area contributed by atoms with Crippen LogP contribution >= 0.6 is 0 Å². The predicted molar refractivity (Wildman–Crippen MR) is 109 cm³/mol. The second-order valence-corrected chi connectivity index (χ2v) is 8.03. The maximum Gasteiger partial charge on any atom is 0.409 e. The number of anilines is 1. The standard InChI is InChI=1S/C20H26N4O8/c1-2-30-18(27)22-9-7-21(8-10-22)14-23-16-6-4-3-5-15(16)20(17(23)26)31-12-19(11-25,13-32-20)24(28)29/h3-6,25H,2,7-14H2,1H3. The summed E-state index contributed by atoms with van der Waals surface area (Å²) in [5, 5.41) is 21.0. The van der Waals surface area contributed by atoms with Gasteiger partial charge < -0.3 is 24.2 Å². The molecule has 32 heavy (non-hydrogen) atoms. The van der Waals surface area contributed by atoms with Crippen molar-refractivity contribution in [2.75, 3.05) is 64.2 Å². The fourth-order valence-electron chi connectivity index (χ4n) is 4.11. The molecule has 0 aromatic heterocycles. The zero-order valence-electron chi connectivity index (χ0n) is 17.8. The summed E-state index contributed by atoms with van der Waals surface area (Å²) in [5.74, 6) is -2.25. The molecule has 3 aliphatic rings. The highest BCUT2D eigenvalue weighted by atomic mass is 16.7. The molecule has 3 heterocycles. The van der Waals surface area contributed by atoms with Gasteiger partial charge in [-0.05, 0) is 13.0 Å². The Kier molecular flexibility index (Phi) is 6.03. The van der Waals surface area contributed by atoms with Crippen LogP contribution < -0.4 is 4.90 Å². The molecule has 2 amide bonds. The monoisotopic (exact) mass is 450 g/mol. The Morgan fingerprint density at radius 1 is 1.22 bits per heavy atom. The first-order chi connectivity index (χ1) is 15.4. The number of amides is 2. The number of piperazine rings is 1. The van der Waals surface area contributed by atoms with E-state index in [1.807, 2.05) is 4.90 Å². The Hall–Kier alpha value is -2.80. The number of fused-ring (bicyclic) bond motifs is 2. The number of ether oxygens (including phenoxy) is 3. The second-order valence-electron chi connectivity index (χ2n) is 8.03. The van der Waals surface area contributed by atoms with Crippen LogP contribution in [0.4, 0.5) is 10.5 Å². The van der Waals surface area contributed by atoms with Crippen molar-refractivity contribution < 1.29 is 33.8 Å². The van der Waals surface area contributed by atoms with Crippen LogP contribution in [0, 0.1) is 10.1 Å². The van der Waals surface area contributed by atoms with Gasteiger partial charge in [-0.25, -0.2) is 4.79 Å². The number of nitro groups is 1.